The fraction of sp³-hybridized carbons (Fsp3) is 0.321. The Morgan fingerprint density at radius 1 is 1.06 bits per heavy atom. The second kappa shape index (κ2) is 9.19. The van der Waals surface area contributed by atoms with Crippen molar-refractivity contribution in [3.63, 3.8) is 0 Å². The Kier molecular flexibility index (Phi) is 5.85. The summed E-state index contributed by atoms with van der Waals surface area (Å²) in [6.45, 7) is 5.85. The Balaban J connectivity index is 1.33. The van der Waals surface area contributed by atoms with E-state index < -0.39 is 0 Å². The van der Waals surface area contributed by atoms with Crippen LogP contribution < -0.4 is 15.5 Å². The highest BCUT2D eigenvalue weighted by atomic mass is 32.1. The van der Waals surface area contributed by atoms with E-state index >= 15 is 0 Å². The van der Waals surface area contributed by atoms with Gasteiger partial charge in [0.05, 0.1) is 16.6 Å². The monoisotopic (exact) mass is 498 g/mol. The van der Waals surface area contributed by atoms with Gasteiger partial charge in [0, 0.05) is 62.4 Å². The second-order valence-electron chi connectivity index (χ2n) is 9.85. The van der Waals surface area contributed by atoms with E-state index in [-0.39, 0.29) is 11.4 Å². The Hall–Kier alpha value is -3.49. The van der Waals surface area contributed by atoms with Gasteiger partial charge in [0.2, 0.25) is 0 Å². The zero-order valence-electron chi connectivity index (χ0n) is 20.6. The molecular formula is C28H30N6OS. The Morgan fingerprint density at radius 2 is 1.86 bits per heavy atom. The van der Waals surface area contributed by atoms with E-state index in [9.17, 15) is 4.79 Å². The van der Waals surface area contributed by atoms with E-state index in [0.29, 0.717) is 0 Å². The van der Waals surface area contributed by atoms with Gasteiger partial charge in [0.15, 0.2) is 0 Å². The summed E-state index contributed by atoms with van der Waals surface area (Å²) in [4.78, 5) is 17.1. The summed E-state index contributed by atoms with van der Waals surface area (Å²) in [5.74, 6) is -0.00638. The standard InChI is InChI=1S/C28H30N6OS/c1-19-3-4-24(34-11-9-29-10-12-34)16-25(19)27(35)32-28(6-7-28)23-14-20(22-17-30-33(2)18-22)13-21(15-23)26-5-8-31-36-26/h3-5,8,13-18,29H,6-7,9-12H2,1-2H3,(H,32,35). The highest BCUT2D eigenvalue weighted by molar-refractivity contribution is 7.09. The molecule has 1 aliphatic carbocycles. The van der Waals surface area contributed by atoms with E-state index in [4.69, 9.17) is 0 Å². The zero-order chi connectivity index (χ0) is 24.7. The molecule has 1 amide bonds. The van der Waals surface area contributed by atoms with Crippen LogP contribution in [-0.4, -0.2) is 46.2 Å². The van der Waals surface area contributed by atoms with Crippen molar-refractivity contribution in [2.75, 3.05) is 31.1 Å². The average molecular weight is 499 g/mol. The molecule has 184 valence electrons. The molecule has 1 saturated carbocycles. The van der Waals surface area contributed by atoms with Gasteiger partial charge in [0.1, 0.15) is 0 Å². The topological polar surface area (TPSA) is 75.1 Å². The van der Waals surface area contributed by atoms with Crippen molar-refractivity contribution in [2.45, 2.75) is 25.3 Å². The Labute approximate surface area is 215 Å². The number of hydrogen-bond acceptors (Lipinski definition) is 6. The van der Waals surface area contributed by atoms with Gasteiger partial charge in [-0.25, -0.2) is 4.37 Å². The first kappa shape index (κ1) is 22.9. The van der Waals surface area contributed by atoms with E-state index in [2.05, 4.69) is 61.4 Å². The average Bonchev–Trinajstić information content (AvgIpc) is 3.27. The van der Waals surface area contributed by atoms with Crippen molar-refractivity contribution in [1.82, 2.24) is 24.8 Å². The number of hydrogen-bond donors (Lipinski definition) is 2. The van der Waals surface area contributed by atoms with Gasteiger partial charge < -0.3 is 15.5 Å². The molecule has 0 radical (unpaired) electrons. The van der Waals surface area contributed by atoms with Gasteiger partial charge in [-0.05, 0) is 89.9 Å². The fourth-order valence-corrected chi connectivity index (χ4v) is 5.60. The molecule has 1 aliphatic heterocycles. The van der Waals surface area contributed by atoms with Gasteiger partial charge in [0.25, 0.3) is 5.91 Å². The first-order valence-electron chi connectivity index (χ1n) is 12.5. The SMILES string of the molecule is Cc1ccc(N2CCNCC2)cc1C(=O)NC1(c2cc(-c3cnn(C)c3)cc(-c3ccns3)c2)CC1. The molecule has 8 heteroatoms. The zero-order valence-corrected chi connectivity index (χ0v) is 21.4. The molecule has 2 aliphatic rings. The Morgan fingerprint density at radius 3 is 2.56 bits per heavy atom. The van der Waals surface area contributed by atoms with Gasteiger partial charge >= 0.3 is 0 Å². The van der Waals surface area contributed by atoms with E-state index in [1.54, 1.807) is 0 Å². The number of nitrogens with one attached hydrogen (secondary N) is 2. The number of amides is 1. The molecule has 2 N–H and O–H groups in total. The van der Waals surface area contributed by atoms with Gasteiger partial charge in [-0.1, -0.05) is 6.07 Å². The number of aromatic nitrogens is 3. The lowest BCUT2D eigenvalue weighted by Crippen LogP contribution is -2.43. The van der Waals surface area contributed by atoms with Crippen molar-refractivity contribution in [3.8, 4) is 21.6 Å². The van der Waals surface area contributed by atoms with Crippen LogP contribution in [0.3, 0.4) is 0 Å². The molecule has 3 heterocycles. The minimum absolute atomic E-state index is 0.00638. The van der Waals surface area contributed by atoms with E-state index in [1.165, 1.54) is 11.5 Å². The number of aryl methyl sites for hydroxylation is 2. The normalized spacial score (nSPS) is 16.7. The molecule has 0 bridgehead atoms. The maximum absolute atomic E-state index is 13.6. The molecule has 1 saturated heterocycles. The quantitative estimate of drug-likeness (QED) is 0.414. The summed E-state index contributed by atoms with van der Waals surface area (Å²) in [5, 5.41) is 11.2. The molecule has 0 unspecified atom stereocenters. The molecular weight excluding hydrogens is 468 g/mol. The number of benzene rings is 2. The lowest BCUT2D eigenvalue weighted by Gasteiger charge is -2.30. The first-order valence-corrected chi connectivity index (χ1v) is 13.2. The van der Waals surface area contributed by atoms with Crippen LogP contribution in [0.2, 0.25) is 0 Å². The van der Waals surface area contributed by atoms with Crippen molar-refractivity contribution < 1.29 is 4.79 Å². The highest BCUT2D eigenvalue weighted by Crippen LogP contribution is 2.48. The van der Waals surface area contributed by atoms with Gasteiger partial charge in [-0.2, -0.15) is 5.10 Å². The lowest BCUT2D eigenvalue weighted by atomic mass is 9.95. The third kappa shape index (κ3) is 4.42. The predicted octanol–water partition coefficient (Wildman–Crippen LogP) is 4.35. The van der Waals surface area contributed by atoms with Crippen LogP contribution in [0.25, 0.3) is 21.6 Å². The van der Waals surface area contributed by atoms with Crippen molar-refractivity contribution in [2.24, 2.45) is 7.05 Å². The van der Waals surface area contributed by atoms with Gasteiger partial charge in [-0.15, -0.1) is 0 Å². The number of carbonyl (C=O) groups is 1. The summed E-state index contributed by atoms with van der Waals surface area (Å²) < 4.78 is 6.12. The largest absolute Gasteiger partial charge is 0.369 e. The molecule has 0 atom stereocenters. The van der Waals surface area contributed by atoms with Crippen LogP contribution in [0.1, 0.15) is 34.3 Å². The summed E-state index contributed by atoms with van der Waals surface area (Å²) in [7, 11) is 1.93. The minimum atomic E-state index is -0.355. The third-order valence-electron chi connectivity index (χ3n) is 7.30. The molecule has 6 rings (SSSR count). The summed E-state index contributed by atoms with van der Waals surface area (Å²) in [6, 6.07) is 14.9. The molecule has 2 aromatic carbocycles. The maximum Gasteiger partial charge on any atom is 0.252 e. The first-order chi connectivity index (χ1) is 17.5. The molecule has 4 aromatic rings. The van der Waals surface area contributed by atoms with E-state index in [1.807, 2.05) is 43.3 Å². The van der Waals surface area contributed by atoms with Gasteiger partial charge in [-0.3, -0.25) is 9.48 Å². The van der Waals surface area contributed by atoms with Crippen LogP contribution in [0.15, 0.2) is 61.1 Å². The summed E-state index contributed by atoms with van der Waals surface area (Å²) in [6.07, 6.45) is 7.60. The lowest BCUT2D eigenvalue weighted by molar-refractivity contribution is 0.0930. The minimum Gasteiger partial charge on any atom is -0.369 e. The molecule has 2 fully saturated rings. The summed E-state index contributed by atoms with van der Waals surface area (Å²) >= 11 is 1.49. The fourth-order valence-electron chi connectivity index (χ4n) is 5.02. The molecule has 0 spiro atoms. The number of piperazine rings is 1. The van der Waals surface area contributed by atoms with E-state index in [0.717, 1.165) is 83.0 Å². The third-order valence-corrected chi connectivity index (χ3v) is 8.09. The number of rotatable bonds is 6. The van der Waals surface area contributed by atoms with Crippen molar-refractivity contribution >= 4 is 23.1 Å². The summed E-state index contributed by atoms with van der Waals surface area (Å²) in [5.41, 5.74) is 6.92. The predicted molar refractivity (Wildman–Crippen MR) is 144 cm³/mol. The highest BCUT2D eigenvalue weighted by Gasteiger charge is 2.46. The molecule has 7 nitrogen and oxygen atoms in total. The smallest absolute Gasteiger partial charge is 0.252 e. The van der Waals surface area contributed by atoms with Crippen LogP contribution in [0.5, 0.6) is 0 Å². The van der Waals surface area contributed by atoms with Crippen LogP contribution in [0.4, 0.5) is 5.69 Å². The van der Waals surface area contributed by atoms with Crippen molar-refractivity contribution in [1.29, 1.82) is 0 Å². The van der Waals surface area contributed by atoms with Crippen LogP contribution in [0, 0.1) is 6.92 Å². The maximum atomic E-state index is 13.6. The Bertz CT molecular complexity index is 1400. The van der Waals surface area contributed by atoms with Crippen molar-refractivity contribution in [3.05, 3.63) is 77.7 Å². The van der Waals surface area contributed by atoms with Crippen LogP contribution >= 0.6 is 11.5 Å². The number of anilines is 1. The van der Waals surface area contributed by atoms with Crippen LogP contribution in [-0.2, 0) is 12.6 Å². The molecule has 36 heavy (non-hydrogen) atoms. The number of nitrogens with zero attached hydrogens (tertiary/aromatic N) is 4. The second-order valence-corrected chi connectivity index (χ2v) is 10.7. The molecule has 2 aromatic heterocycles. The number of carbonyl (C=O) groups excluding carboxylic acids is 1.